The van der Waals surface area contributed by atoms with Crippen molar-refractivity contribution in [2.75, 3.05) is 0 Å². The van der Waals surface area contributed by atoms with E-state index in [0.29, 0.717) is 11.7 Å². The van der Waals surface area contributed by atoms with Crippen molar-refractivity contribution in [2.24, 2.45) is 5.92 Å². The molecule has 1 rings (SSSR count). The van der Waals surface area contributed by atoms with E-state index in [2.05, 4.69) is 0 Å². The van der Waals surface area contributed by atoms with Crippen LogP contribution in [0.1, 0.15) is 27.2 Å². The maximum atomic E-state index is 9.89. The molecule has 0 aromatic carbocycles. The summed E-state index contributed by atoms with van der Waals surface area (Å²) < 4.78 is 0. The molecule has 1 fully saturated rings. The van der Waals surface area contributed by atoms with Crippen LogP contribution in [0.5, 0.6) is 0 Å². The van der Waals surface area contributed by atoms with Gasteiger partial charge in [0.05, 0.1) is 0 Å². The number of carbonyl (C=O) groups excluding carboxylic acids is 1. The molecule has 0 N–H and O–H groups in total. The Morgan fingerprint density at radius 2 is 1.71 bits per heavy atom. The highest BCUT2D eigenvalue weighted by Crippen LogP contribution is 2.21. The van der Waals surface area contributed by atoms with E-state index < -0.39 is 0 Å². The van der Waals surface area contributed by atoms with Gasteiger partial charge in [-0.25, -0.2) is 0 Å². The largest absolute Gasteiger partial charge is 0.299 e. The second-order valence-corrected chi connectivity index (χ2v) is 1.57. The smallest absolute Gasteiger partial charge is 0.136 e. The average Bonchev–Trinajstić information content (AvgIpc) is 2.27. The van der Waals surface area contributed by atoms with Gasteiger partial charge in [-0.05, 0) is 0 Å². The van der Waals surface area contributed by atoms with E-state index in [4.69, 9.17) is 0 Å². The van der Waals surface area contributed by atoms with Crippen molar-refractivity contribution in [2.45, 2.75) is 27.2 Å². The molecule has 1 heteroatoms. The lowest BCUT2D eigenvalue weighted by atomic mass is 10.5. The minimum absolute atomic E-state index is 0.412. The maximum Gasteiger partial charge on any atom is 0.136 e. The first-order valence-corrected chi connectivity index (χ1v) is 2.83. The summed E-state index contributed by atoms with van der Waals surface area (Å²) in [6, 6.07) is 0. The van der Waals surface area contributed by atoms with Crippen LogP contribution in [0.2, 0.25) is 0 Å². The zero-order valence-corrected chi connectivity index (χ0v) is 5.19. The molecule has 42 valence electrons. The Morgan fingerprint density at radius 1 is 1.57 bits per heavy atom. The van der Waals surface area contributed by atoms with E-state index in [0.717, 1.165) is 6.42 Å². The van der Waals surface area contributed by atoms with Crippen molar-refractivity contribution in [3.8, 4) is 0 Å². The van der Waals surface area contributed by atoms with Crippen LogP contribution in [0.3, 0.4) is 0 Å². The summed E-state index contributed by atoms with van der Waals surface area (Å²) in [7, 11) is 0. The molecule has 0 aromatic heterocycles. The predicted octanol–water partition coefficient (Wildman–Crippen LogP) is 1.62. The minimum Gasteiger partial charge on any atom is -0.299 e. The van der Waals surface area contributed by atoms with Crippen LogP contribution in [0, 0.1) is 5.92 Å². The van der Waals surface area contributed by atoms with Gasteiger partial charge in [-0.3, -0.25) is 4.79 Å². The Kier molecular flexibility index (Phi) is 2.65. The highest BCUT2D eigenvalue weighted by atomic mass is 16.1. The monoisotopic (exact) mass is 100 g/mol. The lowest BCUT2D eigenvalue weighted by molar-refractivity contribution is -0.110. The Hall–Kier alpha value is -0.330. The first kappa shape index (κ1) is 6.67. The van der Waals surface area contributed by atoms with Crippen molar-refractivity contribution in [3.05, 3.63) is 0 Å². The molecular weight excluding hydrogens is 88.1 g/mol. The fourth-order valence-corrected chi connectivity index (χ4v) is 0.243. The van der Waals surface area contributed by atoms with Gasteiger partial charge in [0, 0.05) is 12.3 Å². The van der Waals surface area contributed by atoms with Crippen molar-refractivity contribution in [1.82, 2.24) is 0 Å². The third-order valence-electron chi connectivity index (χ3n) is 0.897. The standard InChI is InChI=1S/C4H6O.C2H6/c1-3-2-4(3)5;1-2/h3H,2H2,1H3;1-2H3. The van der Waals surface area contributed by atoms with Gasteiger partial charge in [-0.15, -0.1) is 0 Å². The summed E-state index contributed by atoms with van der Waals surface area (Å²) in [5, 5.41) is 0. The summed E-state index contributed by atoms with van der Waals surface area (Å²) >= 11 is 0. The lowest BCUT2D eigenvalue weighted by Gasteiger charge is -1.52. The summed E-state index contributed by atoms with van der Waals surface area (Å²) in [6.45, 7) is 5.95. The zero-order valence-electron chi connectivity index (χ0n) is 5.19. The molecular formula is C6H12O. The molecule has 1 atom stereocenters. The summed E-state index contributed by atoms with van der Waals surface area (Å²) in [4.78, 5) is 9.89. The van der Waals surface area contributed by atoms with Gasteiger partial charge in [-0.1, -0.05) is 20.8 Å². The van der Waals surface area contributed by atoms with Crippen LogP contribution in [0.25, 0.3) is 0 Å². The number of Topliss-reactive ketones (excluding diaryl/α,β-unsaturated/α-hetero) is 1. The fourth-order valence-electron chi connectivity index (χ4n) is 0.243. The van der Waals surface area contributed by atoms with E-state index in [9.17, 15) is 4.79 Å². The van der Waals surface area contributed by atoms with E-state index in [1.807, 2.05) is 20.8 Å². The normalized spacial score (nSPS) is 25.6. The third kappa shape index (κ3) is 2.38. The quantitative estimate of drug-likeness (QED) is 0.452. The van der Waals surface area contributed by atoms with E-state index >= 15 is 0 Å². The van der Waals surface area contributed by atoms with Gasteiger partial charge in [0.15, 0.2) is 0 Å². The first-order valence-electron chi connectivity index (χ1n) is 2.83. The van der Waals surface area contributed by atoms with Gasteiger partial charge in [0.1, 0.15) is 5.78 Å². The van der Waals surface area contributed by atoms with E-state index in [1.165, 1.54) is 0 Å². The number of hydrogen-bond donors (Lipinski definition) is 0. The van der Waals surface area contributed by atoms with Gasteiger partial charge < -0.3 is 0 Å². The molecule has 0 heterocycles. The van der Waals surface area contributed by atoms with Crippen LogP contribution < -0.4 is 0 Å². The summed E-state index contributed by atoms with van der Waals surface area (Å²) in [6.07, 6.45) is 0.833. The second kappa shape index (κ2) is 2.78. The predicted molar refractivity (Wildman–Crippen MR) is 30.1 cm³/mol. The minimum atomic E-state index is 0.412. The van der Waals surface area contributed by atoms with Crippen molar-refractivity contribution in [3.63, 3.8) is 0 Å². The molecule has 1 unspecified atom stereocenters. The molecule has 0 aromatic rings. The van der Waals surface area contributed by atoms with Crippen molar-refractivity contribution < 1.29 is 4.79 Å². The number of hydrogen-bond acceptors (Lipinski definition) is 1. The van der Waals surface area contributed by atoms with E-state index in [-0.39, 0.29) is 0 Å². The van der Waals surface area contributed by atoms with Crippen molar-refractivity contribution in [1.29, 1.82) is 0 Å². The van der Waals surface area contributed by atoms with Gasteiger partial charge in [-0.2, -0.15) is 0 Å². The Bertz CT molecular complexity index is 66.6. The number of carbonyl (C=O) groups is 1. The van der Waals surface area contributed by atoms with Crippen LogP contribution in [-0.4, -0.2) is 5.78 Å². The van der Waals surface area contributed by atoms with Gasteiger partial charge in [0.25, 0.3) is 0 Å². The molecule has 0 amide bonds. The average molecular weight is 100 g/mol. The SMILES string of the molecule is CC.CC1CC1=O. The Labute approximate surface area is 44.7 Å². The lowest BCUT2D eigenvalue weighted by Crippen LogP contribution is -1.60. The number of rotatable bonds is 0. The first-order chi connectivity index (χ1) is 3.30. The second-order valence-electron chi connectivity index (χ2n) is 1.57. The van der Waals surface area contributed by atoms with Crippen LogP contribution in [-0.2, 0) is 4.79 Å². The molecule has 0 spiro atoms. The van der Waals surface area contributed by atoms with Crippen molar-refractivity contribution >= 4 is 5.78 Å². The third-order valence-corrected chi connectivity index (χ3v) is 0.897. The summed E-state index contributed by atoms with van der Waals surface area (Å²) in [5.74, 6) is 0.833. The van der Waals surface area contributed by atoms with E-state index in [1.54, 1.807) is 0 Å². The van der Waals surface area contributed by atoms with Crippen LogP contribution in [0.15, 0.2) is 0 Å². The van der Waals surface area contributed by atoms with Crippen LogP contribution in [0.4, 0.5) is 0 Å². The topological polar surface area (TPSA) is 17.1 Å². The molecule has 1 nitrogen and oxygen atoms in total. The summed E-state index contributed by atoms with van der Waals surface area (Å²) in [5.41, 5.74) is 0. The maximum absolute atomic E-state index is 9.89. The fraction of sp³-hybridized carbons (Fsp3) is 0.833. The molecule has 0 aliphatic heterocycles. The molecule has 1 aliphatic rings. The molecule has 0 radical (unpaired) electrons. The molecule has 0 saturated heterocycles. The van der Waals surface area contributed by atoms with Crippen LogP contribution >= 0.6 is 0 Å². The Morgan fingerprint density at radius 3 is 1.71 bits per heavy atom. The molecule has 7 heavy (non-hydrogen) atoms. The molecule has 1 saturated carbocycles. The Balaban J connectivity index is 0.000000162. The molecule has 0 bridgehead atoms. The zero-order chi connectivity index (χ0) is 5.86. The molecule has 1 aliphatic carbocycles. The van der Waals surface area contributed by atoms with Gasteiger partial charge in [0.2, 0.25) is 0 Å². The van der Waals surface area contributed by atoms with Gasteiger partial charge >= 0.3 is 0 Å². The highest BCUT2D eigenvalue weighted by Gasteiger charge is 2.28. The number of ketones is 1. The highest BCUT2D eigenvalue weighted by molar-refractivity contribution is 5.95.